The van der Waals surface area contributed by atoms with Gasteiger partial charge in [-0.3, -0.25) is 4.98 Å². The Morgan fingerprint density at radius 2 is 1.80 bits per heavy atom. The van der Waals surface area contributed by atoms with Gasteiger partial charge >= 0.3 is 0 Å². The Bertz CT molecular complexity index is 465. The minimum absolute atomic E-state index is 0.193. The molecule has 2 heteroatoms. The van der Waals surface area contributed by atoms with Crippen molar-refractivity contribution in [3.8, 4) is 0 Å². The lowest BCUT2D eigenvalue weighted by Gasteiger charge is -2.13. The van der Waals surface area contributed by atoms with Crippen LogP contribution in [0, 0.1) is 5.92 Å². The zero-order valence-corrected chi connectivity index (χ0v) is 9.01. The topological polar surface area (TPSA) is 33.1 Å². The third-order valence-electron chi connectivity index (χ3n) is 2.59. The number of aromatic nitrogens is 1. The molecule has 0 amide bonds. The average Bonchev–Trinajstić information content (AvgIpc) is 2.27. The highest BCUT2D eigenvalue weighted by atomic mass is 16.3. The maximum Gasteiger partial charge on any atom is 0.0982 e. The summed E-state index contributed by atoms with van der Waals surface area (Å²) in [7, 11) is 0. The van der Waals surface area contributed by atoms with Gasteiger partial charge in [0.1, 0.15) is 0 Å². The molecule has 0 aliphatic carbocycles. The van der Waals surface area contributed by atoms with E-state index in [9.17, 15) is 5.11 Å². The first kappa shape index (κ1) is 10.1. The first-order valence-corrected chi connectivity index (χ1v) is 5.21. The second kappa shape index (κ2) is 3.99. The van der Waals surface area contributed by atoms with Crippen LogP contribution in [0.15, 0.2) is 36.5 Å². The highest BCUT2D eigenvalue weighted by Crippen LogP contribution is 2.22. The molecule has 0 unspecified atom stereocenters. The van der Waals surface area contributed by atoms with E-state index < -0.39 is 6.10 Å². The van der Waals surface area contributed by atoms with Gasteiger partial charge in [-0.15, -0.1) is 0 Å². The van der Waals surface area contributed by atoms with Crippen LogP contribution in [0.1, 0.15) is 25.6 Å². The molecule has 0 fully saturated rings. The van der Waals surface area contributed by atoms with Gasteiger partial charge in [0.15, 0.2) is 0 Å². The number of aliphatic hydroxyl groups excluding tert-OH is 1. The van der Waals surface area contributed by atoms with E-state index in [0.717, 1.165) is 16.5 Å². The van der Waals surface area contributed by atoms with Gasteiger partial charge in [0.05, 0.1) is 11.8 Å². The third-order valence-corrected chi connectivity index (χ3v) is 2.59. The molecule has 0 saturated heterocycles. The van der Waals surface area contributed by atoms with Crippen LogP contribution in [0.5, 0.6) is 0 Å². The molecular formula is C13H15NO. The van der Waals surface area contributed by atoms with Crippen molar-refractivity contribution in [2.45, 2.75) is 20.0 Å². The fourth-order valence-electron chi connectivity index (χ4n) is 1.60. The van der Waals surface area contributed by atoms with Crippen LogP contribution in [0.2, 0.25) is 0 Å². The predicted octanol–water partition coefficient (Wildman–Crippen LogP) is 2.92. The molecule has 0 spiro atoms. The van der Waals surface area contributed by atoms with E-state index in [1.54, 1.807) is 0 Å². The van der Waals surface area contributed by atoms with Gasteiger partial charge in [0, 0.05) is 11.6 Å². The molecular weight excluding hydrogens is 186 g/mol. The van der Waals surface area contributed by atoms with Gasteiger partial charge in [0.25, 0.3) is 0 Å². The summed E-state index contributed by atoms with van der Waals surface area (Å²) in [4.78, 5) is 4.28. The number of pyridine rings is 1. The third kappa shape index (κ3) is 2.00. The summed E-state index contributed by atoms with van der Waals surface area (Å²) < 4.78 is 0. The van der Waals surface area contributed by atoms with Crippen LogP contribution < -0.4 is 0 Å². The van der Waals surface area contributed by atoms with Gasteiger partial charge in [-0.05, 0) is 17.4 Å². The van der Waals surface area contributed by atoms with Crippen molar-refractivity contribution in [2.75, 3.05) is 0 Å². The van der Waals surface area contributed by atoms with Crippen LogP contribution in [0.3, 0.4) is 0 Å². The first-order valence-electron chi connectivity index (χ1n) is 5.21. The van der Waals surface area contributed by atoms with E-state index in [1.807, 2.05) is 50.4 Å². The molecule has 0 aliphatic rings. The van der Waals surface area contributed by atoms with Crippen molar-refractivity contribution < 1.29 is 5.11 Å². The summed E-state index contributed by atoms with van der Waals surface area (Å²) in [6.45, 7) is 3.98. The minimum atomic E-state index is -0.477. The second-order valence-corrected chi connectivity index (χ2v) is 4.15. The van der Waals surface area contributed by atoms with E-state index in [4.69, 9.17) is 0 Å². The van der Waals surface area contributed by atoms with Crippen LogP contribution in [0.25, 0.3) is 10.8 Å². The molecule has 0 bridgehead atoms. The summed E-state index contributed by atoms with van der Waals surface area (Å²) in [5.41, 5.74) is 0.753. The molecule has 1 aromatic heterocycles. The molecule has 0 aliphatic heterocycles. The fourth-order valence-corrected chi connectivity index (χ4v) is 1.60. The number of hydrogen-bond donors (Lipinski definition) is 1. The molecule has 0 radical (unpaired) electrons. The zero-order valence-electron chi connectivity index (χ0n) is 9.01. The van der Waals surface area contributed by atoms with E-state index >= 15 is 0 Å². The van der Waals surface area contributed by atoms with E-state index in [-0.39, 0.29) is 5.92 Å². The Balaban J connectivity index is 2.47. The van der Waals surface area contributed by atoms with E-state index in [0.29, 0.717) is 0 Å². The van der Waals surface area contributed by atoms with Crippen molar-refractivity contribution in [1.29, 1.82) is 0 Å². The predicted molar refractivity (Wildman–Crippen MR) is 61.5 cm³/mol. The second-order valence-electron chi connectivity index (χ2n) is 4.15. The highest BCUT2D eigenvalue weighted by molar-refractivity contribution is 5.81. The standard InChI is InChI=1S/C13H15NO/c1-9(2)13(15)12-7-10-5-3-4-6-11(10)8-14-12/h3-9,13,15H,1-2H3/t13-/m1/s1. The average molecular weight is 201 g/mol. The summed E-state index contributed by atoms with van der Waals surface area (Å²) in [5, 5.41) is 12.1. The highest BCUT2D eigenvalue weighted by Gasteiger charge is 2.13. The maximum absolute atomic E-state index is 9.89. The number of aliphatic hydroxyl groups is 1. The monoisotopic (exact) mass is 201 g/mol. The van der Waals surface area contributed by atoms with Crippen molar-refractivity contribution >= 4 is 10.8 Å². The van der Waals surface area contributed by atoms with Crippen LogP contribution >= 0.6 is 0 Å². The zero-order chi connectivity index (χ0) is 10.8. The summed E-state index contributed by atoms with van der Waals surface area (Å²) in [6.07, 6.45) is 1.34. The number of nitrogens with zero attached hydrogens (tertiary/aromatic N) is 1. The Kier molecular flexibility index (Phi) is 2.69. The Morgan fingerprint density at radius 3 is 2.47 bits per heavy atom. The van der Waals surface area contributed by atoms with Gasteiger partial charge in [0.2, 0.25) is 0 Å². The number of fused-ring (bicyclic) bond motifs is 1. The normalized spacial score (nSPS) is 13.3. The van der Waals surface area contributed by atoms with Gasteiger partial charge in [-0.25, -0.2) is 0 Å². The molecule has 0 saturated carbocycles. The van der Waals surface area contributed by atoms with Gasteiger partial charge in [-0.1, -0.05) is 38.1 Å². The van der Waals surface area contributed by atoms with Crippen molar-refractivity contribution in [2.24, 2.45) is 5.92 Å². The van der Waals surface area contributed by atoms with Crippen molar-refractivity contribution in [3.63, 3.8) is 0 Å². The van der Waals surface area contributed by atoms with Crippen molar-refractivity contribution in [3.05, 3.63) is 42.2 Å². The lowest BCUT2D eigenvalue weighted by atomic mass is 10.0. The molecule has 2 rings (SSSR count). The molecule has 15 heavy (non-hydrogen) atoms. The van der Waals surface area contributed by atoms with Crippen LogP contribution in [-0.4, -0.2) is 10.1 Å². The summed E-state index contributed by atoms with van der Waals surface area (Å²) in [6, 6.07) is 10.00. The maximum atomic E-state index is 9.89. The number of benzene rings is 1. The Labute approximate surface area is 89.6 Å². The molecule has 2 aromatic rings. The van der Waals surface area contributed by atoms with Crippen LogP contribution in [0.4, 0.5) is 0 Å². The van der Waals surface area contributed by atoms with Gasteiger partial charge < -0.3 is 5.11 Å². The Morgan fingerprint density at radius 1 is 1.13 bits per heavy atom. The molecule has 1 heterocycles. The Hall–Kier alpha value is -1.41. The minimum Gasteiger partial charge on any atom is -0.387 e. The smallest absolute Gasteiger partial charge is 0.0982 e. The molecule has 1 aromatic carbocycles. The van der Waals surface area contributed by atoms with E-state index in [1.165, 1.54) is 0 Å². The molecule has 2 nitrogen and oxygen atoms in total. The summed E-state index contributed by atoms with van der Waals surface area (Å²) >= 11 is 0. The quantitative estimate of drug-likeness (QED) is 0.810. The fraction of sp³-hybridized carbons (Fsp3) is 0.308. The lowest BCUT2D eigenvalue weighted by Crippen LogP contribution is -2.07. The number of rotatable bonds is 2. The molecule has 1 atom stereocenters. The number of hydrogen-bond acceptors (Lipinski definition) is 2. The lowest BCUT2D eigenvalue weighted by molar-refractivity contribution is 0.122. The largest absolute Gasteiger partial charge is 0.387 e. The molecule has 78 valence electrons. The van der Waals surface area contributed by atoms with Crippen LogP contribution in [-0.2, 0) is 0 Å². The SMILES string of the molecule is CC(C)[C@@H](O)c1cc2ccccc2cn1. The van der Waals surface area contributed by atoms with Crippen molar-refractivity contribution in [1.82, 2.24) is 4.98 Å². The molecule has 1 N–H and O–H groups in total. The summed E-state index contributed by atoms with van der Waals surface area (Å²) in [5.74, 6) is 0.193. The van der Waals surface area contributed by atoms with Gasteiger partial charge in [-0.2, -0.15) is 0 Å². The van der Waals surface area contributed by atoms with E-state index in [2.05, 4.69) is 4.98 Å². The first-order chi connectivity index (χ1) is 7.18.